The lowest BCUT2D eigenvalue weighted by atomic mass is 9.90. The number of carbonyl (C=O) groups excluding carboxylic acids is 1. The van der Waals surface area contributed by atoms with Gasteiger partial charge in [-0.25, -0.2) is 23.7 Å². The number of nitrogens with zero attached hydrogens (tertiary/aromatic N) is 3. The van der Waals surface area contributed by atoms with Gasteiger partial charge in [-0.2, -0.15) is 13.2 Å². The van der Waals surface area contributed by atoms with Crippen LogP contribution in [0.5, 0.6) is 5.75 Å². The van der Waals surface area contributed by atoms with Crippen molar-refractivity contribution in [2.45, 2.75) is 12.6 Å². The average molecular weight is 670 g/mol. The maximum absolute atomic E-state index is 15.5. The lowest BCUT2D eigenvalue weighted by molar-refractivity contribution is -0.360. The molecule has 2 aromatic heterocycles. The molecule has 0 saturated carbocycles. The van der Waals surface area contributed by atoms with Crippen LogP contribution in [0.4, 0.5) is 33.6 Å². The van der Waals surface area contributed by atoms with E-state index in [4.69, 9.17) is 16.2 Å². The minimum atomic E-state index is -4.65. The molecule has 0 radical (unpaired) electrons. The number of nitrogen functional groups attached to an aromatic ring is 2. The largest absolute Gasteiger partial charge is 0.483 e. The Kier molecular flexibility index (Phi) is 8.99. The number of ketones is 1. The summed E-state index contributed by atoms with van der Waals surface area (Å²) >= 11 is 0. The molecule has 0 spiro atoms. The lowest BCUT2D eigenvalue weighted by Crippen LogP contribution is -2.19. The first kappa shape index (κ1) is 32.7. The Balaban J connectivity index is 1.37. The molecule has 0 fully saturated rings. The molecule has 49 heavy (non-hydrogen) atoms. The van der Waals surface area contributed by atoms with E-state index in [1.807, 2.05) is 0 Å². The van der Waals surface area contributed by atoms with E-state index >= 15 is 8.78 Å². The topological polar surface area (TPSA) is 131 Å². The van der Waals surface area contributed by atoms with Crippen molar-refractivity contribution in [3.8, 4) is 50.5 Å². The van der Waals surface area contributed by atoms with Crippen LogP contribution >= 0.6 is 0 Å². The molecular formula is C36H26F5N6O2+. The van der Waals surface area contributed by atoms with Crippen molar-refractivity contribution in [2.24, 2.45) is 0 Å². The van der Waals surface area contributed by atoms with Crippen molar-refractivity contribution < 1.29 is 36.5 Å². The third kappa shape index (κ3) is 7.35. The number of anilines is 2. The molecule has 0 saturated heterocycles. The molecule has 2 heterocycles. The molecule has 5 N–H and O–H groups in total. The monoisotopic (exact) mass is 669 g/mol. The van der Waals surface area contributed by atoms with E-state index in [1.54, 1.807) is 36.4 Å². The lowest BCUT2D eigenvalue weighted by Gasteiger charge is -2.18. The Labute approximate surface area is 276 Å². The van der Waals surface area contributed by atoms with Crippen molar-refractivity contribution in [2.75, 3.05) is 18.1 Å². The van der Waals surface area contributed by atoms with E-state index in [2.05, 4.69) is 19.9 Å². The number of aromatic nitrogens is 4. The summed E-state index contributed by atoms with van der Waals surface area (Å²) < 4.78 is 75.6. The number of aromatic amines is 1. The maximum Gasteiger partial charge on any atom is 0.422 e. The van der Waals surface area contributed by atoms with Crippen LogP contribution in [0.3, 0.4) is 0 Å². The van der Waals surface area contributed by atoms with Gasteiger partial charge < -0.3 is 10.5 Å². The van der Waals surface area contributed by atoms with Gasteiger partial charge in [0.1, 0.15) is 41.3 Å². The van der Waals surface area contributed by atoms with Gasteiger partial charge in [0.05, 0.1) is 18.1 Å². The first-order valence-corrected chi connectivity index (χ1v) is 14.7. The van der Waals surface area contributed by atoms with E-state index in [-0.39, 0.29) is 68.6 Å². The zero-order valence-corrected chi connectivity index (χ0v) is 25.4. The number of ether oxygens (including phenoxy) is 1. The average Bonchev–Trinajstić information content (AvgIpc) is 3.08. The maximum atomic E-state index is 15.5. The predicted molar refractivity (Wildman–Crippen MR) is 173 cm³/mol. The highest BCUT2D eigenvalue weighted by molar-refractivity contribution is 6.04. The summed E-state index contributed by atoms with van der Waals surface area (Å²) in [4.78, 5) is 28.8. The second kappa shape index (κ2) is 13.5. The number of hydrogen-bond acceptors (Lipinski definition) is 7. The van der Waals surface area contributed by atoms with Gasteiger partial charge in [-0.05, 0) is 52.6 Å². The molecule has 0 aliphatic heterocycles. The van der Waals surface area contributed by atoms with Crippen LogP contribution in [-0.4, -0.2) is 33.5 Å². The number of H-pyrrole nitrogens is 1. The van der Waals surface area contributed by atoms with E-state index < -0.39 is 30.2 Å². The predicted octanol–water partition coefficient (Wildman–Crippen LogP) is 7.16. The molecule has 4 aromatic carbocycles. The van der Waals surface area contributed by atoms with Crippen LogP contribution < -0.4 is 21.2 Å². The fraction of sp³-hybridized carbons (Fsp3) is 0.0833. The molecule has 13 heteroatoms. The highest BCUT2D eigenvalue weighted by Crippen LogP contribution is 2.38. The number of halogens is 5. The number of rotatable bonds is 9. The molecule has 0 unspecified atom stereocenters. The Morgan fingerprint density at radius 3 is 2.12 bits per heavy atom. The molecule has 246 valence electrons. The van der Waals surface area contributed by atoms with Crippen LogP contribution in [0.1, 0.15) is 15.9 Å². The minimum absolute atomic E-state index is 0.111. The molecule has 6 rings (SSSR count). The summed E-state index contributed by atoms with van der Waals surface area (Å²) in [6, 6.07) is 19.4. The second-order valence-electron chi connectivity index (χ2n) is 10.9. The number of carbonyl (C=O) groups is 1. The summed E-state index contributed by atoms with van der Waals surface area (Å²) in [5.41, 5.74) is 13.7. The SMILES string of the molecule is Nc1cnc(-c2ccc(-c3ccccc3C(=O)Cc3cccc(OCC(F)(F)F)c3-c3ccc(-c4c[nH+]c(N)cn4)c(F)c3)cc2F)cn1. The molecule has 0 bridgehead atoms. The van der Waals surface area contributed by atoms with E-state index in [0.717, 1.165) is 6.07 Å². The fourth-order valence-corrected chi connectivity index (χ4v) is 5.34. The molecule has 0 atom stereocenters. The fourth-order valence-electron chi connectivity index (χ4n) is 5.34. The Bertz CT molecular complexity index is 2160. The Morgan fingerprint density at radius 1 is 0.755 bits per heavy atom. The van der Waals surface area contributed by atoms with Crippen molar-refractivity contribution in [3.63, 3.8) is 0 Å². The van der Waals surface area contributed by atoms with Crippen LogP contribution in [0.2, 0.25) is 0 Å². The zero-order chi connectivity index (χ0) is 34.7. The third-order valence-corrected chi connectivity index (χ3v) is 7.56. The van der Waals surface area contributed by atoms with Gasteiger partial charge >= 0.3 is 6.18 Å². The summed E-state index contributed by atoms with van der Waals surface area (Å²) in [5, 5.41) is 0. The molecule has 0 amide bonds. The van der Waals surface area contributed by atoms with Crippen molar-refractivity contribution in [3.05, 3.63) is 126 Å². The summed E-state index contributed by atoms with van der Waals surface area (Å²) in [6.07, 6.45) is 0.450. The van der Waals surface area contributed by atoms with E-state index in [9.17, 15) is 18.0 Å². The van der Waals surface area contributed by atoms with Gasteiger partial charge in [-0.3, -0.25) is 15.5 Å². The standard InChI is InChI=1S/C36H25F5N6O2/c37-27-12-20(8-10-25(27)29-15-46-33(42)17-44-29)23-5-1-2-6-24(23)31(48)14-21-4-3-7-32(49-19-36(39,40)41)35(21)22-9-11-26(28(38)13-22)30-16-47-34(43)18-45-30/h1-13,15-18H,14,19H2,(H2,42,46)(H2,43,47)/p+1. The number of nitrogens with two attached hydrogens (primary N) is 2. The van der Waals surface area contributed by atoms with Gasteiger partial charge in [-0.15, -0.1) is 0 Å². The normalized spacial score (nSPS) is 11.4. The first-order valence-electron chi connectivity index (χ1n) is 14.7. The highest BCUT2D eigenvalue weighted by Gasteiger charge is 2.29. The molecule has 0 aliphatic carbocycles. The van der Waals surface area contributed by atoms with Crippen LogP contribution in [0, 0.1) is 11.6 Å². The van der Waals surface area contributed by atoms with Crippen LogP contribution in [0.25, 0.3) is 44.8 Å². The Morgan fingerprint density at radius 2 is 1.45 bits per heavy atom. The highest BCUT2D eigenvalue weighted by atomic mass is 19.4. The van der Waals surface area contributed by atoms with E-state index in [1.165, 1.54) is 61.2 Å². The van der Waals surface area contributed by atoms with Gasteiger partial charge in [0, 0.05) is 28.7 Å². The zero-order valence-electron chi connectivity index (χ0n) is 25.4. The van der Waals surface area contributed by atoms with Gasteiger partial charge in [0.25, 0.3) is 5.82 Å². The summed E-state index contributed by atoms with van der Waals surface area (Å²) in [6.45, 7) is -1.60. The third-order valence-electron chi connectivity index (χ3n) is 7.56. The summed E-state index contributed by atoms with van der Waals surface area (Å²) in [7, 11) is 0. The van der Waals surface area contributed by atoms with Crippen molar-refractivity contribution >= 4 is 17.4 Å². The van der Waals surface area contributed by atoms with Gasteiger partial charge in [0.15, 0.2) is 12.4 Å². The summed E-state index contributed by atoms with van der Waals surface area (Å²) in [5.74, 6) is -1.48. The van der Waals surface area contributed by atoms with E-state index in [0.29, 0.717) is 11.1 Å². The van der Waals surface area contributed by atoms with Gasteiger partial charge in [-0.1, -0.05) is 48.5 Å². The number of nitrogens with one attached hydrogen (secondary N) is 1. The van der Waals surface area contributed by atoms with Gasteiger partial charge in [0.2, 0.25) is 0 Å². The number of alkyl halides is 3. The van der Waals surface area contributed by atoms with Crippen LogP contribution in [-0.2, 0) is 6.42 Å². The Hall–Kier alpha value is -6.24. The number of Topliss-reactive ketones (excluding diaryl/α,β-unsaturated/α-hetero) is 1. The second-order valence-corrected chi connectivity index (χ2v) is 10.9. The van der Waals surface area contributed by atoms with Crippen LogP contribution in [0.15, 0.2) is 104 Å². The minimum Gasteiger partial charge on any atom is -0.483 e. The smallest absolute Gasteiger partial charge is 0.422 e. The van der Waals surface area contributed by atoms with Crippen molar-refractivity contribution in [1.82, 2.24) is 15.0 Å². The molecule has 6 aromatic rings. The number of benzene rings is 4. The molecule has 8 nitrogen and oxygen atoms in total. The van der Waals surface area contributed by atoms with Crippen molar-refractivity contribution in [1.29, 1.82) is 0 Å². The number of hydrogen-bond donors (Lipinski definition) is 2. The molecule has 0 aliphatic rings. The first-order chi connectivity index (χ1) is 23.5. The molecular weight excluding hydrogens is 643 g/mol. The quantitative estimate of drug-likeness (QED) is 0.123.